The summed E-state index contributed by atoms with van der Waals surface area (Å²) >= 11 is 6.15. The molecule has 1 saturated heterocycles. The summed E-state index contributed by atoms with van der Waals surface area (Å²) in [5, 5.41) is 2.69. The fourth-order valence-electron chi connectivity index (χ4n) is 3.26. The number of ether oxygens (including phenoxy) is 2. The van der Waals surface area contributed by atoms with Gasteiger partial charge in [0.1, 0.15) is 10.6 Å². The van der Waals surface area contributed by atoms with Crippen molar-refractivity contribution in [3.8, 4) is 5.75 Å². The zero-order valence-electron chi connectivity index (χ0n) is 18.4. The molecule has 3 rings (SSSR count). The summed E-state index contributed by atoms with van der Waals surface area (Å²) in [6.45, 7) is 0.893. The van der Waals surface area contributed by atoms with E-state index in [2.05, 4.69) is 5.32 Å². The molecule has 0 atom stereocenters. The SMILES string of the molecule is COc1ccc(CC(=O)N(C)CC(=O)Nc2ccc(Cl)c(S(=O)(=O)N3CCOCC3)c2)cc1. The summed E-state index contributed by atoms with van der Waals surface area (Å²) < 4.78 is 37.5. The van der Waals surface area contributed by atoms with Gasteiger partial charge in [-0.25, -0.2) is 8.42 Å². The number of halogens is 1. The molecule has 0 aliphatic carbocycles. The average molecular weight is 496 g/mol. The lowest BCUT2D eigenvalue weighted by molar-refractivity contribution is -0.132. The number of amides is 2. The Kier molecular flexibility index (Phi) is 8.30. The van der Waals surface area contributed by atoms with Gasteiger partial charge < -0.3 is 19.7 Å². The molecule has 1 aliphatic rings. The van der Waals surface area contributed by atoms with Crippen molar-refractivity contribution < 1.29 is 27.5 Å². The third-order valence-corrected chi connectivity index (χ3v) is 7.50. The van der Waals surface area contributed by atoms with Crippen LogP contribution in [0.5, 0.6) is 5.75 Å². The maximum atomic E-state index is 12.9. The van der Waals surface area contributed by atoms with E-state index in [1.165, 1.54) is 34.5 Å². The molecule has 0 spiro atoms. The Morgan fingerprint density at radius 1 is 1.15 bits per heavy atom. The van der Waals surface area contributed by atoms with Gasteiger partial charge in [0.25, 0.3) is 0 Å². The number of nitrogens with one attached hydrogen (secondary N) is 1. The van der Waals surface area contributed by atoms with Crippen LogP contribution in [0.15, 0.2) is 47.4 Å². The fourth-order valence-corrected chi connectivity index (χ4v) is 5.17. The maximum Gasteiger partial charge on any atom is 0.244 e. The number of morpholine rings is 1. The van der Waals surface area contributed by atoms with Gasteiger partial charge in [0.15, 0.2) is 0 Å². The smallest absolute Gasteiger partial charge is 0.244 e. The van der Waals surface area contributed by atoms with Crippen molar-refractivity contribution in [2.24, 2.45) is 0 Å². The summed E-state index contributed by atoms with van der Waals surface area (Å²) in [7, 11) is -0.737. The van der Waals surface area contributed by atoms with Gasteiger partial charge in [-0.3, -0.25) is 9.59 Å². The fraction of sp³-hybridized carbons (Fsp3) is 0.364. The molecular weight excluding hydrogens is 470 g/mol. The Balaban J connectivity index is 1.62. The highest BCUT2D eigenvalue weighted by molar-refractivity contribution is 7.89. The lowest BCUT2D eigenvalue weighted by Crippen LogP contribution is -2.40. The number of carbonyl (C=O) groups is 2. The van der Waals surface area contributed by atoms with Crippen LogP contribution in [0.4, 0.5) is 5.69 Å². The van der Waals surface area contributed by atoms with Gasteiger partial charge in [-0.05, 0) is 35.9 Å². The first kappa shape index (κ1) is 25.0. The van der Waals surface area contributed by atoms with Gasteiger partial charge in [0.05, 0.1) is 38.3 Å². The summed E-state index contributed by atoms with van der Waals surface area (Å²) in [4.78, 5) is 26.2. The van der Waals surface area contributed by atoms with Crippen LogP contribution in [0.3, 0.4) is 0 Å². The molecule has 2 amide bonds. The first-order valence-corrected chi connectivity index (χ1v) is 12.1. The van der Waals surface area contributed by atoms with Crippen molar-refractivity contribution >= 4 is 39.1 Å². The minimum absolute atomic E-state index is 0.0614. The number of carbonyl (C=O) groups excluding carboxylic acids is 2. The summed E-state index contributed by atoms with van der Waals surface area (Å²) in [5.74, 6) is -0.00321. The molecule has 178 valence electrons. The minimum Gasteiger partial charge on any atom is -0.497 e. The third kappa shape index (κ3) is 6.44. The second kappa shape index (κ2) is 11.0. The van der Waals surface area contributed by atoms with E-state index in [1.54, 1.807) is 31.4 Å². The lowest BCUT2D eigenvalue weighted by atomic mass is 10.1. The van der Waals surface area contributed by atoms with Crippen LogP contribution < -0.4 is 10.1 Å². The highest BCUT2D eigenvalue weighted by Crippen LogP contribution is 2.28. The van der Waals surface area contributed by atoms with Crippen LogP contribution >= 0.6 is 11.6 Å². The van der Waals surface area contributed by atoms with Crippen LogP contribution in [-0.2, 0) is 30.8 Å². The molecule has 0 aromatic heterocycles. The molecule has 0 radical (unpaired) electrons. The largest absolute Gasteiger partial charge is 0.497 e. The van der Waals surface area contributed by atoms with Crippen molar-refractivity contribution in [3.05, 3.63) is 53.1 Å². The Hall–Kier alpha value is -2.66. The van der Waals surface area contributed by atoms with E-state index >= 15 is 0 Å². The highest BCUT2D eigenvalue weighted by Gasteiger charge is 2.28. The Bertz CT molecular complexity index is 1100. The van der Waals surface area contributed by atoms with Gasteiger partial charge >= 0.3 is 0 Å². The molecule has 33 heavy (non-hydrogen) atoms. The molecule has 0 bridgehead atoms. The molecule has 0 saturated carbocycles. The minimum atomic E-state index is -3.83. The van der Waals surface area contributed by atoms with Gasteiger partial charge in [0, 0.05) is 25.8 Å². The van der Waals surface area contributed by atoms with Gasteiger partial charge in [-0.2, -0.15) is 4.31 Å². The number of benzene rings is 2. The van der Waals surface area contributed by atoms with Crippen molar-refractivity contribution in [1.29, 1.82) is 0 Å². The van der Waals surface area contributed by atoms with Gasteiger partial charge in [-0.15, -0.1) is 0 Å². The van der Waals surface area contributed by atoms with E-state index in [1.807, 2.05) is 0 Å². The van der Waals surface area contributed by atoms with Crippen molar-refractivity contribution in [3.63, 3.8) is 0 Å². The van der Waals surface area contributed by atoms with E-state index in [9.17, 15) is 18.0 Å². The van der Waals surface area contributed by atoms with Crippen LogP contribution in [0.2, 0.25) is 5.02 Å². The number of rotatable bonds is 8. The Morgan fingerprint density at radius 3 is 2.45 bits per heavy atom. The topological polar surface area (TPSA) is 105 Å². The molecule has 1 aliphatic heterocycles. The summed E-state index contributed by atoms with van der Waals surface area (Å²) in [5.41, 5.74) is 1.07. The monoisotopic (exact) mass is 495 g/mol. The maximum absolute atomic E-state index is 12.9. The van der Waals surface area contributed by atoms with Gasteiger partial charge in [-0.1, -0.05) is 23.7 Å². The number of hydrogen-bond donors (Lipinski definition) is 1. The van der Waals surface area contributed by atoms with Crippen LogP contribution in [0.1, 0.15) is 5.56 Å². The number of nitrogens with zero attached hydrogens (tertiary/aromatic N) is 2. The Labute approximate surface area is 198 Å². The molecule has 9 nitrogen and oxygen atoms in total. The first-order chi connectivity index (χ1) is 15.7. The zero-order chi connectivity index (χ0) is 24.0. The number of methoxy groups -OCH3 is 1. The number of likely N-dealkylation sites (N-methyl/N-ethyl adjacent to an activating group) is 1. The lowest BCUT2D eigenvalue weighted by Gasteiger charge is -2.26. The zero-order valence-corrected chi connectivity index (χ0v) is 20.0. The van der Waals surface area contributed by atoms with E-state index < -0.39 is 15.9 Å². The van der Waals surface area contributed by atoms with E-state index in [-0.39, 0.29) is 47.6 Å². The predicted octanol–water partition coefficient (Wildman–Crippen LogP) is 2.01. The van der Waals surface area contributed by atoms with E-state index in [0.717, 1.165) is 5.56 Å². The molecule has 1 fully saturated rings. The number of hydrogen-bond acceptors (Lipinski definition) is 6. The average Bonchev–Trinajstić information content (AvgIpc) is 2.81. The molecular formula is C22H26ClN3O6S. The Morgan fingerprint density at radius 2 is 1.82 bits per heavy atom. The normalized spacial score (nSPS) is 14.5. The number of anilines is 1. The molecule has 1 N–H and O–H groups in total. The highest BCUT2D eigenvalue weighted by atomic mass is 35.5. The van der Waals surface area contributed by atoms with Crippen molar-refractivity contribution in [2.45, 2.75) is 11.3 Å². The predicted molar refractivity (Wildman–Crippen MR) is 124 cm³/mol. The van der Waals surface area contributed by atoms with E-state index in [0.29, 0.717) is 19.0 Å². The third-order valence-electron chi connectivity index (χ3n) is 5.12. The van der Waals surface area contributed by atoms with E-state index in [4.69, 9.17) is 21.1 Å². The van der Waals surface area contributed by atoms with Crippen molar-refractivity contribution in [1.82, 2.24) is 9.21 Å². The van der Waals surface area contributed by atoms with Gasteiger partial charge in [0.2, 0.25) is 21.8 Å². The molecule has 11 heteroatoms. The quantitative estimate of drug-likeness (QED) is 0.600. The molecule has 0 unspecified atom stereocenters. The molecule has 2 aromatic rings. The molecule has 1 heterocycles. The second-order valence-corrected chi connectivity index (χ2v) is 9.80. The second-order valence-electron chi connectivity index (χ2n) is 7.48. The first-order valence-electron chi connectivity index (χ1n) is 10.2. The number of sulfonamides is 1. The van der Waals surface area contributed by atoms with Crippen molar-refractivity contribution in [2.75, 3.05) is 52.3 Å². The van der Waals surface area contributed by atoms with Crippen LogP contribution in [-0.4, -0.2) is 76.4 Å². The van der Waals surface area contributed by atoms with Crippen LogP contribution in [0, 0.1) is 0 Å². The molecule has 2 aromatic carbocycles. The summed E-state index contributed by atoms with van der Waals surface area (Å²) in [6.07, 6.45) is 0.136. The summed E-state index contributed by atoms with van der Waals surface area (Å²) in [6, 6.07) is 11.4. The van der Waals surface area contributed by atoms with Crippen LogP contribution in [0.25, 0.3) is 0 Å². The standard InChI is InChI=1S/C22H26ClN3O6S/c1-25(22(28)13-16-3-6-18(31-2)7-4-16)15-21(27)24-17-5-8-19(23)20(14-17)33(29,30)26-9-11-32-12-10-26/h3-8,14H,9-13,15H2,1-2H3,(H,24,27).